The molecular formula is C18H21NO. The molecule has 3 rings (SSSR count). The van der Waals surface area contributed by atoms with Gasteiger partial charge in [-0.2, -0.15) is 0 Å². The number of hydrogen-bond donors (Lipinski definition) is 1. The van der Waals surface area contributed by atoms with Gasteiger partial charge in [-0.25, -0.2) is 0 Å². The van der Waals surface area contributed by atoms with Crippen molar-refractivity contribution in [1.82, 2.24) is 5.32 Å². The lowest BCUT2D eigenvalue weighted by molar-refractivity contribution is -0.122. The highest BCUT2D eigenvalue weighted by molar-refractivity contribution is 5.80. The van der Waals surface area contributed by atoms with Crippen LogP contribution in [0.4, 0.5) is 0 Å². The van der Waals surface area contributed by atoms with E-state index in [4.69, 9.17) is 0 Å². The molecule has 2 heteroatoms. The van der Waals surface area contributed by atoms with Crippen LogP contribution in [0.15, 0.2) is 42.5 Å². The number of nitrogens with one attached hydrogen (secondary N) is 1. The Balaban J connectivity index is 1.66. The summed E-state index contributed by atoms with van der Waals surface area (Å²) >= 11 is 0. The lowest BCUT2D eigenvalue weighted by atomic mass is 9.96. The molecule has 0 bridgehead atoms. The Morgan fingerprint density at radius 3 is 2.60 bits per heavy atom. The molecule has 0 saturated carbocycles. The van der Waals surface area contributed by atoms with Crippen molar-refractivity contribution in [3.05, 3.63) is 53.6 Å². The Labute approximate surface area is 120 Å². The lowest BCUT2D eigenvalue weighted by Crippen LogP contribution is -2.27. The van der Waals surface area contributed by atoms with Gasteiger partial charge in [-0.05, 0) is 42.4 Å². The molecule has 1 saturated heterocycles. The molecule has 2 nitrogen and oxygen atoms in total. The predicted molar refractivity (Wildman–Crippen MR) is 82.2 cm³/mol. The van der Waals surface area contributed by atoms with Crippen LogP contribution in [0.5, 0.6) is 0 Å². The maximum atomic E-state index is 11.5. The summed E-state index contributed by atoms with van der Waals surface area (Å²) in [7, 11) is 0. The highest BCUT2D eigenvalue weighted by Crippen LogP contribution is 2.23. The van der Waals surface area contributed by atoms with E-state index in [1.165, 1.54) is 16.7 Å². The minimum Gasteiger partial charge on any atom is -0.353 e. The Bertz CT molecular complexity index is 553. The molecule has 1 amide bonds. The SMILES string of the molecule is C[C@@H]1C[C@@H](Cc2ccc(C3=CCCC=C3)cc2)NC1=O. The number of allylic oxidation sites excluding steroid dienone is 4. The summed E-state index contributed by atoms with van der Waals surface area (Å²) in [5.74, 6) is 0.362. The molecule has 0 aromatic heterocycles. The van der Waals surface area contributed by atoms with Crippen molar-refractivity contribution in [2.45, 2.75) is 38.6 Å². The third-order valence-corrected chi connectivity index (χ3v) is 4.20. The summed E-state index contributed by atoms with van der Waals surface area (Å²) in [6.45, 7) is 2.00. The van der Waals surface area contributed by atoms with Crippen LogP contribution in [0.1, 0.15) is 37.3 Å². The second kappa shape index (κ2) is 5.66. The quantitative estimate of drug-likeness (QED) is 0.892. The molecule has 1 fully saturated rings. The molecule has 0 spiro atoms. The molecule has 0 radical (unpaired) electrons. The van der Waals surface area contributed by atoms with E-state index in [9.17, 15) is 4.79 Å². The fourth-order valence-corrected chi connectivity index (χ4v) is 3.02. The monoisotopic (exact) mass is 267 g/mol. The van der Waals surface area contributed by atoms with E-state index in [0.29, 0.717) is 6.04 Å². The second-order valence-electron chi connectivity index (χ2n) is 5.88. The standard InChI is InChI=1S/C18H21NO/c1-13-11-17(19-18(13)20)12-14-7-9-16(10-8-14)15-5-3-2-4-6-15/h3,5-10,13,17H,2,4,11-12H2,1H3,(H,19,20)/t13-,17+/m1/s1. The van der Waals surface area contributed by atoms with Gasteiger partial charge in [-0.1, -0.05) is 49.4 Å². The van der Waals surface area contributed by atoms with Crippen molar-refractivity contribution < 1.29 is 4.79 Å². The normalized spacial score (nSPS) is 25.4. The summed E-state index contributed by atoms with van der Waals surface area (Å²) < 4.78 is 0. The van der Waals surface area contributed by atoms with Gasteiger partial charge in [-0.3, -0.25) is 4.79 Å². The number of hydrogen-bond acceptors (Lipinski definition) is 1. The van der Waals surface area contributed by atoms with Crippen molar-refractivity contribution in [1.29, 1.82) is 0 Å². The van der Waals surface area contributed by atoms with Crippen molar-refractivity contribution >= 4 is 11.5 Å². The number of carbonyl (C=O) groups excluding carboxylic acids is 1. The van der Waals surface area contributed by atoms with Crippen LogP contribution in [-0.2, 0) is 11.2 Å². The summed E-state index contributed by atoms with van der Waals surface area (Å²) in [6.07, 6.45) is 10.9. The average Bonchev–Trinajstić information content (AvgIpc) is 2.79. The van der Waals surface area contributed by atoms with Crippen LogP contribution < -0.4 is 5.32 Å². The Kier molecular flexibility index (Phi) is 3.72. The molecule has 20 heavy (non-hydrogen) atoms. The number of benzene rings is 1. The van der Waals surface area contributed by atoms with E-state index < -0.39 is 0 Å². The molecule has 2 aliphatic rings. The molecule has 1 aliphatic heterocycles. The first kappa shape index (κ1) is 13.2. The number of rotatable bonds is 3. The van der Waals surface area contributed by atoms with Gasteiger partial charge in [0, 0.05) is 12.0 Å². The molecular weight excluding hydrogens is 246 g/mol. The summed E-state index contributed by atoms with van der Waals surface area (Å²) in [4.78, 5) is 11.5. The van der Waals surface area contributed by atoms with Crippen molar-refractivity contribution in [3.8, 4) is 0 Å². The molecule has 1 aromatic rings. The van der Waals surface area contributed by atoms with Gasteiger partial charge in [0.1, 0.15) is 0 Å². The zero-order valence-corrected chi connectivity index (χ0v) is 11.9. The highest BCUT2D eigenvalue weighted by Gasteiger charge is 2.27. The predicted octanol–water partition coefficient (Wildman–Crippen LogP) is 3.49. The summed E-state index contributed by atoms with van der Waals surface area (Å²) in [5, 5.41) is 3.07. The fraction of sp³-hybridized carbons (Fsp3) is 0.389. The van der Waals surface area contributed by atoms with E-state index in [1.54, 1.807) is 0 Å². The molecule has 1 N–H and O–H groups in total. The number of amides is 1. The van der Waals surface area contributed by atoms with E-state index in [0.717, 1.165) is 25.7 Å². The van der Waals surface area contributed by atoms with Crippen molar-refractivity contribution in [3.63, 3.8) is 0 Å². The van der Waals surface area contributed by atoms with E-state index in [-0.39, 0.29) is 11.8 Å². The van der Waals surface area contributed by atoms with Gasteiger partial charge in [0.05, 0.1) is 0 Å². The zero-order chi connectivity index (χ0) is 13.9. The van der Waals surface area contributed by atoms with Crippen LogP contribution in [0.2, 0.25) is 0 Å². The van der Waals surface area contributed by atoms with Gasteiger partial charge < -0.3 is 5.32 Å². The van der Waals surface area contributed by atoms with Crippen molar-refractivity contribution in [2.24, 2.45) is 5.92 Å². The van der Waals surface area contributed by atoms with Crippen LogP contribution in [0.25, 0.3) is 5.57 Å². The van der Waals surface area contributed by atoms with Crippen LogP contribution >= 0.6 is 0 Å². The minimum atomic E-state index is 0.164. The first-order chi connectivity index (χ1) is 9.72. The third-order valence-electron chi connectivity index (χ3n) is 4.20. The molecule has 1 aliphatic carbocycles. The minimum absolute atomic E-state index is 0.164. The van der Waals surface area contributed by atoms with Gasteiger partial charge in [0.25, 0.3) is 0 Å². The van der Waals surface area contributed by atoms with Crippen LogP contribution in [-0.4, -0.2) is 11.9 Å². The molecule has 0 unspecified atom stereocenters. The maximum absolute atomic E-state index is 11.5. The topological polar surface area (TPSA) is 29.1 Å². The van der Waals surface area contributed by atoms with Crippen molar-refractivity contribution in [2.75, 3.05) is 0 Å². The summed E-state index contributed by atoms with van der Waals surface area (Å²) in [6, 6.07) is 9.06. The van der Waals surface area contributed by atoms with E-state index in [1.807, 2.05) is 6.92 Å². The molecule has 104 valence electrons. The van der Waals surface area contributed by atoms with Crippen LogP contribution in [0, 0.1) is 5.92 Å². The van der Waals surface area contributed by atoms with Gasteiger partial charge >= 0.3 is 0 Å². The second-order valence-corrected chi connectivity index (χ2v) is 5.88. The summed E-state index contributed by atoms with van der Waals surface area (Å²) in [5.41, 5.74) is 3.91. The molecule has 1 heterocycles. The first-order valence-corrected chi connectivity index (χ1v) is 7.49. The zero-order valence-electron chi connectivity index (χ0n) is 11.9. The molecule has 2 atom stereocenters. The lowest BCUT2D eigenvalue weighted by Gasteiger charge is -2.11. The molecule has 1 aromatic carbocycles. The maximum Gasteiger partial charge on any atom is 0.223 e. The Morgan fingerprint density at radius 2 is 2.00 bits per heavy atom. The third kappa shape index (κ3) is 2.84. The highest BCUT2D eigenvalue weighted by atomic mass is 16.2. The fourth-order valence-electron chi connectivity index (χ4n) is 3.02. The number of carbonyl (C=O) groups is 1. The van der Waals surface area contributed by atoms with Gasteiger partial charge in [0.2, 0.25) is 5.91 Å². The van der Waals surface area contributed by atoms with Gasteiger partial charge in [0.15, 0.2) is 0 Å². The first-order valence-electron chi connectivity index (χ1n) is 7.49. The Hall–Kier alpha value is -1.83. The Morgan fingerprint density at radius 1 is 1.20 bits per heavy atom. The average molecular weight is 267 g/mol. The van der Waals surface area contributed by atoms with E-state index >= 15 is 0 Å². The smallest absolute Gasteiger partial charge is 0.223 e. The largest absolute Gasteiger partial charge is 0.353 e. The van der Waals surface area contributed by atoms with Crippen LogP contribution in [0.3, 0.4) is 0 Å². The van der Waals surface area contributed by atoms with E-state index in [2.05, 4.69) is 47.8 Å². The van der Waals surface area contributed by atoms with Gasteiger partial charge in [-0.15, -0.1) is 0 Å².